The number of hydrogen-bond acceptors (Lipinski definition) is 3. The van der Waals surface area contributed by atoms with Crippen molar-refractivity contribution in [2.24, 2.45) is 5.92 Å². The van der Waals surface area contributed by atoms with E-state index >= 15 is 0 Å². The summed E-state index contributed by atoms with van der Waals surface area (Å²) >= 11 is 6.23. The summed E-state index contributed by atoms with van der Waals surface area (Å²) in [6.07, 6.45) is 8.04. The van der Waals surface area contributed by atoms with Gasteiger partial charge in [-0.25, -0.2) is 4.98 Å². The van der Waals surface area contributed by atoms with Crippen molar-refractivity contribution in [2.45, 2.75) is 45.2 Å². The molecule has 0 bridgehead atoms. The first kappa shape index (κ1) is 22.1. The molecular weight excluding hydrogens is 460 g/mol. The Labute approximate surface area is 208 Å². The van der Waals surface area contributed by atoms with Crippen LogP contribution in [0.3, 0.4) is 0 Å². The number of amides is 1. The molecule has 1 saturated carbocycles. The van der Waals surface area contributed by atoms with Crippen molar-refractivity contribution in [3.8, 4) is 11.1 Å². The number of nitrogens with zero attached hydrogens (tertiary/aromatic N) is 4. The van der Waals surface area contributed by atoms with Crippen LogP contribution in [0.1, 0.15) is 36.2 Å². The lowest BCUT2D eigenvalue weighted by Gasteiger charge is -2.31. The van der Waals surface area contributed by atoms with Crippen molar-refractivity contribution in [3.63, 3.8) is 0 Å². The Morgan fingerprint density at radius 3 is 2.80 bits per heavy atom. The molecule has 0 saturated heterocycles. The molecule has 0 N–H and O–H groups in total. The molecule has 2 aliphatic rings. The highest BCUT2D eigenvalue weighted by atomic mass is 35.5. The van der Waals surface area contributed by atoms with Gasteiger partial charge in [0.1, 0.15) is 5.65 Å². The SMILES string of the molecule is O=C(CCc1cn2ccccc2n1)N1CCc2c(cc(-c3cccc(Cl)c3)c(=O)n2CC2CC2)C1. The Bertz CT molecular complexity index is 1450. The van der Waals surface area contributed by atoms with Gasteiger partial charge in [0.2, 0.25) is 5.91 Å². The van der Waals surface area contributed by atoms with Crippen LogP contribution in [-0.2, 0) is 30.7 Å². The number of benzene rings is 1. The van der Waals surface area contributed by atoms with Crippen LogP contribution in [0.15, 0.2) is 65.7 Å². The van der Waals surface area contributed by atoms with Crippen molar-refractivity contribution in [1.29, 1.82) is 0 Å². The fourth-order valence-electron chi connectivity index (χ4n) is 5.05. The minimum Gasteiger partial charge on any atom is -0.338 e. The third kappa shape index (κ3) is 4.50. The molecule has 1 aromatic carbocycles. The van der Waals surface area contributed by atoms with Crippen LogP contribution in [0.25, 0.3) is 16.8 Å². The molecule has 178 valence electrons. The van der Waals surface area contributed by atoms with E-state index in [1.165, 1.54) is 12.8 Å². The number of pyridine rings is 2. The lowest BCUT2D eigenvalue weighted by atomic mass is 9.98. The molecule has 4 heterocycles. The lowest BCUT2D eigenvalue weighted by molar-refractivity contribution is -0.132. The van der Waals surface area contributed by atoms with Crippen LogP contribution in [0, 0.1) is 5.92 Å². The van der Waals surface area contributed by atoms with E-state index < -0.39 is 0 Å². The van der Waals surface area contributed by atoms with Crippen molar-refractivity contribution in [3.05, 3.63) is 93.3 Å². The quantitative estimate of drug-likeness (QED) is 0.395. The third-order valence-electron chi connectivity index (χ3n) is 7.11. The number of hydrogen-bond donors (Lipinski definition) is 0. The highest BCUT2D eigenvalue weighted by Gasteiger charge is 2.28. The number of carbonyl (C=O) groups is 1. The Hall–Kier alpha value is -3.38. The maximum atomic E-state index is 13.5. The largest absolute Gasteiger partial charge is 0.338 e. The molecule has 0 radical (unpaired) electrons. The molecule has 1 amide bonds. The van der Waals surface area contributed by atoms with E-state index in [2.05, 4.69) is 4.98 Å². The normalized spacial score (nSPS) is 15.4. The molecule has 1 fully saturated rings. The second-order valence-electron chi connectivity index (χ2n) is 9.66. The zero-order valence-corrected chi connectivity index (χ0v) is 20.2. The smallest absolute Gasteiger partial charge is 0.258 e. The number of halogens is 1. The Morgan fingerprint density at radius 2 is 2.00 bits per heavy atom. The van der Waals surface area contributed by atoms with Gasteiger partial charge in [0.25, 0.3) is 5.56 Å². The van der Waals surface area contributed by atoms with E-state index in [0.29, 0.717) is 48.9 Å². The molecule has 6 nitrogen and oxygen atoms in total. The Kier molecular flexibility index (Phi) is 5.69. The number of carbonyl (C=O) groups excluding carboxylic acids is 1. The summed E-state index contributed by atoms with van der Waals surface area (Å²) in [4.78, 5) is 33.2. The third-order valence-corrected chi connectivity index (χ3v) is 7.34. The van der Waals surface area contributed by atoms with E-state index in [4.69, 9.17) is 11.6 Å². The van der Waals surface area contributed by atoms with Crippen LogP contribution in [-0.4, -0.2) is 31.3 Å². The first-order valence-corrected chi connectivity index (χ1v) is 12.6. The van der Waals surface area contributed by atoms with Crippen molar-refractivity contribution in [2.75, 3.05) is 6.54 Å². The first-order valence-electron chi connectivity index (χ1n) is 12.3. The van der Waals surface area contributed by atoms with E-state index in [1.807, 2.05) is 74.8 Å². The average molecular weight is 487 g/mol. The molecule has 0 spiro atoms. The van der Waals surface area contributed by atoms with Crippen molar-refractivity contribution < 1.29 is 4.79 Å². The minimum atomic E-state index is 0.0459. The molecule has 6 rings (SSSR count). The van der Waals surface area contributed by atoms with E-state index in [9.17, 15) is 9.59 Å². The predicted molar refractivity (Wildman–Crippen MR) is 137 cm³/mol. The van der Waals surface area contributed by atoms with E-state index in [0.717, 1.165) is 34.7 Å². The molecular formula is C28H27ClN4O2. The number of aryl methyl sites for hydroxylation is 1. The second kappa shape index (κ2) is 9.00. The highest BCUT2D eigenvalue weighted by molar-refractivity contribution is 6.30. The summed E-state index contributed by atoms with van der Waals surface area (Å²) < 4.78 is 3.95. The zero-order valence-electron chi connectivity index (χ0n) is 19.5. The fraction of sp³-hybridized carbons (Fsp3) is 0.321. The summed E-state index contributed by atoms with van der Waals surface area (Å²) in [6.45, 7) is 1.92. The number of rotatable bonds is 6. The number of imidazole rings is 1. The van der Waals surface area contributed by atoms with Gasteiger partial charge >= 0.3 is 0 Å². The minimum absolute atomic E-state index is 0.0459. The predicted octanol–water partition coefficient (Wildman–Crippen LogP) is 4.74. The maximum Gasteiger partial charge on any atom is 0.258 e. The standard InChI is InChI=1S/C28H27ClN4O2/c29-22-5-3-4-20(14-22)24-15-21-17-32(13-11-25(21)33(28(24)35)16-19-7-8-19)27(34)10-9-23-18-31-12-2-1-6-26(31)30-23/h1-6,12,14-15,18-19H,7-11,13,16-17H2. The van der Waals surface area contributed by atoms with Gasteiger partial charge < -0.3 is 13.9 Å². The van der Waals surface area contributed by atoms with Crippen LogP contribution in [0.5, 0.6) is 0 Å². The molecule has 4 aromatic rings. The van der Waals surface area contributed by atoms with Gasteiger partial charge in [0.15, 0.2) is 0 Å². The van der Waals surface area contributed by atoms with Gasteiger partial charge in [-0.3, -0.25) is 9.59 Å². The van der Waals surface area contributed by atoms with Crippen molar-refractivity contribution in [1.82, 2.24) is 18.9 Å². The molecule has 35 heavy (non-hydrogen) atoms. The first-order chi connectivity index (χ1) is 17.0. The van der Waals surface area contributed by atoms with Crippen LogP contribution >= 0.6 is 11.6 Å². The molecule has 3 aromatic heterocycles. The molecule has 0 atom stereocenters. The molecule has 1 aliphatic heterocycles. The molecule has 1 aliphatic carbocycles. The maximum absolute atomic E-state index is 13.5. The number of fused-ring (bicyclic) bond motifs is 2. The topological polar surface area (TPSA) is 59.6 Å². The summed E-state index contributed by atoms with van der Waals surface area (Å²) in [6, 6.07) is 15.3. The molecule has 7 heteroatoms. The lowest BCUT2D eigenvalue weighted by Crippen LogP contribution is -2.39. The van der Waals surface area contributed by atoms with Gasteiger partial charge in [-0.1, -0.05) is 29.8 Å². The zero-order chi connectivity index (χ0) is 23.9. The monoisotopic (exact) mass is 486 g/mol. The second-order valence-corrected chi connectivity index (χ2v) is 10.1. The number of aromatic nitrogens is 3. The Balaban J connectivity index is 1.25. The van der Waals surface area contributed by atoms with E-state index in [-0.39, 0.29) is 11.5 Å². The fourth-order valence-corrected chi connectivity index (χ4v) is 5.24. The summed E-state index contributed by atoms with van der Waals surface area (Å²) in [5.41, 5.74) is 5.48. The van der Waals surface area contributed by atoms with Crippen LogP contribution in [0.4, 0.5) is 0 Å². The summed E-state index contributed by atoms with van der Waals surface area (Å²) in [7, 11) is 0. The summed E-state index contributed by atoms with van der Waals surface area (Å²) in [5, 5.41) is 0.608. The van der Waals surface area contributed by atoms with Gasteiger partial charge in [0, 0.05) is 61.1 Å². The van der Waals surface area contributed by atoms with Gasteiger partial charge in [-0.15, -0.1) is 0 Å². The molecule has 0 unspecified atom stereocenters. The summed E-state index contributed by atoms with van der Waals surface area (Å²) in [5.74, 6) is 0.702. The van der Waals surface area contributed by atoms with Gasteiger partial charge in [-0.2, -0.15) is 0 Å². The van der Waals surface area contributed by atoms with Gasteiger partial charge in [-0.05, 0) is 66.6 Å². The van der Waals surface area contributed by atoms with Crippen molar-refractivity contribution >= 4 is 23.2 Å². The average Bonchev–Trinajstić information content (AvgIpc) is 3.59. The van der Waals surface area contributed by atoms with Gasteiger partial charge in [0.05, 0.1) is 5.69 Å². The van der Waals surface area contributed by atoms with Crippen LogP contribution in [0.2, 0.25) is 5.02 Å². The Morgan fingerprint density at radius 1 is 1.11 bits per heavy atom. The highest BCUT2D eigenvalue weighted by Crippen LogP contribution is 2.32. The van der Waals surface area contributed by atoms with E-state index in [1.54, 1.807) is 0 Å². The van der Waals surface area contributed by atoms with Crippen LogP contribution < -0.4 is 5.56 Å².